The minimum atomic E-state index is -0.136. The maximum absolute atomic E-state index is 11.7. The number of carbonyl (C=O) groups excluding carboxylic acids is 1. The van der Waals surface area contributed by atoms with Crippen molar-refractivity contribution in [1.29, 1.82) is 0 Å². The lowest BCUT2D eigenvalue weighted by Gasteiger charge is -2.55. The Balaban J connectivity index is 1.75. The van der Waals surface area contributed by atoms with Gasteiger partial charge in [0.25, 0.3) is 0 Å². The number of carbonyl (C=O) groups is 1. The van der Waals surface area contributed by atoms with E-state index in [-0.39, 0.29) is 17.5 Å². The van der Waals surface area contributed by atoms with Gasteiger partial charge in [-0.2, -0.15) is 0 Å². The lowest BCUT2D eigenvalue weighted by Crippen LogP contribution is -2.50. The lowest BCUT2D eigenvalue weighted by molar-refractivity contribution is -0.157. The molecule has 3 nitrogen and oxygen atoms in total. The summed E-state index contributed by atoms with van der Waals surface area (Å²) in [5, 5.41) is 9.97. The Labute approximate surface area is 157 Å². The van der Waals surface area contributed by atoms with Crippen LogP contribution < -0.4 is 0 Å². The molecule has 3 heteroatoms. The molecule has 0 saturated heterocycles. The zero-order chi connectivity index (χ0) is 18.6. The molecule has 0 amide bonds. The molecule has 7 atom stereocenters. The van der Waals surface area contributed by atoms with Gasteiger partial charge in [-0.15, -0.1) is 0 Å². The molecule has 2 saturated carbocycles. The van der Waals surface area contributed by atoms with Crippen LogP contribution in [0.2, 0.25) is 0 Å². The Bertz CT molecular complexity index is 711. The van der Waals surface area contributed by atoms with Gasteiger partial charge in [-0.1, -0.05) is 33.3 Å². The third-order valence-electron chi connectivity index (χ3n) is 7.92. The zero-order valence-electron chi connectivity index (χ0n) is 16.5. The molecule has 3 unspecified atom stereocenters. The fourth-order valence-corrected chi connectivity index (χ4v) is 7.05. The molecular formula is C23H32O3. The second-order valence-electron chi connectivity index (χ2n) is 9.33. The molecular weight excluding hydrogens is 324 g/mol. The summed E-state index contributed by atoms with van der Waals surface area (Å²) in [5.74, 6) is 3.32. The Kier molecular flexibility index (Phi) is 4.32. The number of esters is 1. The summed E-state index contributed by atoms with van der Waals surface area (Å²) in [7, 11) is 0. The van der Waals surface area contributed by atoms with Crippen LogP contribution in [-0.2, 0) is 16.0 Å². The standard InChI is InChI=1S/C23H32O3/c1-5-15-10-16-11-17(25)6-7-18(16)21-13(2)12-23(4)19(22(15)21)8-9-20(23)26-14(3)24/h6-7,11,13,15,19-22,25H,5,8-10,12H2,1-4H3/t13-,15-,19?,20-,21?,22?,23-/m0/s1. The molecule has 142 valence electrons. The van der Waals surface area contributed by atoms with Crippen LogP contribution in [0.4, 0.5) is 0 Å². The number of hydrogen-bond acceptors (Lipinski definition) is 3. The van der Waals surface area contributed by atoms with Crippen molar-refractivity contribution < 1.29 is 14.6 Å². The van der Waals surface area contributed by atoms with Crippen LogP contribution in [0, 0.1) is 29.1 Å². The van der Waals surface area contributed by atoms with E-state index in [1.54, 1.807) is 6.92 Å². The van der Waals surface area contributed by atoms with Crippen molar-refractivity contribution in [3.63, 3.8) is 0 Å². The van der Waals surface area contributed by atoms with E-state index in [0.29, 0.717) is 35.3 Å². The maximum atomic E-state index is 11.7. The second-order valence-corrected chi connectivity index (χ2v) is 9.33. The third-order valence-corrected chi connectivity index (χ3v) is 7.92. The van der Waals surface area contributed by atoms with Gasteiger partial charge in [-0.05, 0) is 78.5 Å². The molecule has 0 bridgehead atoms. The summed E-state index contributed by atoms with van der Waals surface area (Å²) >= 11 is 0. The van der Waals surface area contributed by atoms with Crippen molar-refractivity contribution in [3.8, 4) is 5.75 Å². The SMILES string of the molecule is CC[C@H]1Cc2cc(O)ccc2C2C1C1CC[C@H](OC(C)=O)[C@@]1(C)C[C@@H]2C. The van der Waals surface area contributed by atoms with Crippen molar-refractivity contribution in [2.75, 3.05) is 0 Å². The molecule has 2 fully saturated rings. The smallest absolute Gasteiger partial charge is 0.302 e. The van der Waals surface area contributed by atoms with Crippen LogP contribution in [0.3, 0.4) is 0 Å². The molecule has 26 heavy (non-hydrogen) atoms. The van der Waals surface area contributed by atoms with Gasteiger partial charge in [0.15, 0.2) is 0 Å². The Morgan fingerprint density at radius 1 is 1.35 bits per heavy atom. The Morgan fingerprint density at radius 2 is 2.12 bits per heavy atom. The van der Waals surface area contributed by atoms with Crippen molar-refractivity contribution in [2.45, 2.75) is 71.8 Å². The number of aromatic hydroxyl groups is 1. The van der Waals surface area contributed by atoms with Gasteiger partial charge in [0, 0.05) is 12.3 Å². The van der Waals surface area contributed by atoms with E-state index in [0.717, 1.165) is 19.3 Å². The average Bonchev–Trinajstić information content (AvgIpc) is 2.89. The normalized spacial score (nSPS) is 41.1. The first-order valence-corrected chi connectivity index (χ1v) is 10.3. The molecule has 4 rings (SSSR count). The number of rotatable bonds is 2. The molecule has 0 aliphatic heterocycles. The van der Waals surface area contributed by atoms with E-state index in [9.17, 15) is 9.90 Å². The van der Waals surface area contributed by atoms with Crippen molar-refractivity contribution >= 4 is 5.97 Å². The van der Waals surface area contributed by atoms with Crippen LogP contribution in [0.15, 0.2) is 18.2 Å². The average molecular weight is 357 g/mol. The zero-order valence-corrected chi connectivity index (χ0v) is 16.5. The number of ether oxygens (including phenoxy) is 1. The molecule has 0 spiro atoms. The molecule has 0 aromatic heterocycles. The Morgan fingerprint density at radius 3 is 2.81 bits per heavy atom. The van der Waals surface area contributed by atoms with Gasteiger partial charge >= 0.3 is 5.97 Å². The number of fused-ring (bicyclic) bond motifs is 5. The van der Waals surface area contributed by atoms with E-state index in [2.05, 4.69) is 26.8 Å². The van der Waals surface area contributed by atoms with E-state index < -0.39 is 0 Å². The second kappa shape index (κ2) is 6.28. The highest BCUT2D eigenvalue weighted by atomic mass is 16.5. The van der Waals surface area contributed by atoms with Crippen LogP contribution in [0.5, 0.6) is 5.75 Å². The maximum Gasteiger partial charge on any atom is 0.302 e. The summed E-state index contributed by atoms with van der Waals surface area (Å²) < 4.78 is 5.79. The molecule has 3 aliphatic carbocycles. The number of phenolic OH excluding ortho intramolecular Hbond substituents is 1. The number of benzene rings is 1. The molecule has 3 aliphatic rings. The predicted octanol–water partition coefficient (Wildman–Crippen LogP) is 5.06. The predicted molar refractivity (Wildman–Crippen MR) is 102 cm³/mol. The first kappa shape index (κ1) is 17.9. The molecule has 0 radical (unpaired) electrons. The van der Waals surface area contributed by atoms with E-state index in [4.69, 9.17) is 4.74 Å². The molecule has 1 N–H and O–H groups in total. The van der Waals surface area contributed by atoms with Crippen LogP contribution >= 0.6 is 0 Å². The van der Waals surface area contributed by atoms with E-state index >= 15 is 0 Å². The third kappa shape index (κ3) is 2.58. The summed E-state index contributed by atoms with van der Waals surface area (Å²) in [6.45, 7) is 8.62. The lowest BCUT2D eigenvalue weighted by atomic mass is 9.49. The van der Waals surface area contributed by atoms with Crippen molar-refractivity contribution in [3.05, 3.63) is 29.3 Å². The van der Waals surface area contributed by atoms with E-state index in [1.807, 2.05) is 12.1 Å². The van der Waals surface area contributed by atoms with Gasteiger partial charge in [0.05, 0.1) is 0 Å². The quantitative estimate of drug-likeness (QED) is 0.753. The highest BCUT2D eigenvalue weighted by molar-refractivity contribution is 5.66. The molecule has 1 aromatic carbocycles. The minimum Gasteiger partial charge on any atom is -0.508 e. The van der Waals surface area contributed by atoms with Gasteiger partial charge in [0.1, 0.15) is 11.9 Å². The summed E-state index contributed by atoms with van der Waals surface area (Å²) in [6, 6.07) is 6.02. The monoisotopic (exact) mass is 356 g/mol. The van der Waals surface area contributed by atoms with Crippen LogP contribution in [-0.4, -0.2) is 17.2 Å². The fraction of sp³-hybridized carbons (Fsp3) is 0.696. The van der Waals surface area contributed by atoms with Crippen LogP contribution in [0.1, 0.15) is 70.4 Å². The van der Waals surface area contributed by atoms with E-state index in [1.165, 1.54) is 24.0 Å². The Hall–Kier alpha value is -1.51. The van der Waals surface area contributed by atoms with Crippen molar-refractivity contribution in [2.24, 2.45) is 29.1 Å². The first-order valence-electron chi connectivity index (χ1n) is 10.3. The molecule has 1 aromatic rings. The highest BCUT2D eigenvalue weighted by Gasteiger charge is 2.59. The van der Waals surface area contributed by atoms with Crippen molar-refractivity contribution in [1.82, 2.24) is 0 Å². The largest absolute Gasteiger partial charge is 0.508 e. The highest BCUT2D eigenvalue weighted by Crippen LogP contribution is 2.64. The van der Waals surface area contributed by atoms with Crippen LogP contribution in [0.25, 0.3) is 0 Å². The fourth-order valence-electron chi connectivity index (χ4n) is 7.05. The topological polar surface area (TPSA) is 46.5 Å². The summed E-state index contributed by atoms with van der Waals surface area (Å²) in [5.41, 5.74) is 2.92. The summed E-state index contributed by atoms with van der Waals surface area (Å²) in [6.07, 6.45) is 5.62. The van der Waals surface area contributed by atoms with Gasteiger partial charge < -0.3 is 9.84 Å². The number of hydrogen-bond donors (Lipinski definition) is 1. The van der Waals surface area contributed by atoms with Gasteiger partial charge in [-0.3, -0.25) is 4.79 Å². The minimum absolute atomic E-state index is 0.0760. The molecule has 0 heterocycles. The summed E-state index contributed by atoms with van der Waals surface area (Å²) in [4.78, 5) is 11.7. The number of phenols is 1. The first-order chi connectivity index (χ1) is 12.3. The van der Waals surface area contributed by atoms with Gasteiger partial charge in [-0.25, -0.2) is 0 Å². The van der Waals surface area contributed by atoms with Gasteiger partial charge in [0.2, 0.25) is 0 Å².